The molecule has 0 heterocycles. The SMILES string of the molecule is C=CC(NC)c1ccc(Br)c(F)c1. The summed E-state index contributed by atoms with van der Waals surface area (Å²) in [5.41, 5.74) is 0.873. The van der Waals surface area contributed by atoms with E-state index in [-0.39, 0.29) is 11.9 Å². The van der Waals surface area contributed by atoms with Gasteiger partial charge in [0.1, 0.15) is 5.82 Å². The van der Waals surface area contributed by atoms with Gasteiger partial charge in [-0.15, -0.1) is 6.58 Å². The van der Waals surface area contributed by atoms with Crippen LogP contribution in [-0.4, -0.2) is 7.05 Å². The van der Waals surface area contributed by atoms with Crippen molar-refractivity contribution in [1.29, 1.82) is 0 Å². The monoisotopic (exact) mass is 243 g/mol. The van der Waals surface area contributed by atoms with E-state index in [0.717, 1.165) is 5.56 Å². The molecule has 1 atom stereocenters. The highest BCUT2D eigenvalue weighted by Crippen LogP contribution is 2.20. The van der Waals surface area contributed by atoms with Gasteiger partial charge in [0.25, 0.3) is 0 Å². The molecule has 1 nitrogen and oxygen atoms in total. The fourth-order valence-corrected chi connectivity index (χ4v) is 1.37. The second kappa shape index (κ2) is 4.53. The Morgan fingerprint density at radius 1 is 1.62 bits per heavy atom. The second-order valence-corrected chi connectivity index (χ2v) is 3.53. The third-order valence-corrected chi connectivity index (χ3v) is 2.49. The number of nitrogens with one attached hydrogen (secondary N) is 1. The van der Waals surface area contributed by atoms with Crippen molar-refractivity contribution in [2.45, 2.75) is 6.04 Å². The second-order valence-electron chi connectivity index (χ2n) is 2.68. The molecule has 0 aliphatic heterocycles. The number of hydrogen-bond donors (Lipinski definition) is 1. The predicted octanol–water partition coefficient (Wildman–Crippen LogP) is 3.03. The van der Waals surface area contributed by atoms with Crippen LogP contribution in [0, 0.1) is 5.82 Å². The quantitative estimate of drug-likeness (QED) is 0.806. The zero-order valence-corrected chi connectivity index (χ0v) is 8.94. The highest BCUT2D eigenvalue weighted by molar-refractivity contribution is 9.10. The first-order valence-electron chi connectivity index (χ1n) is 3.93. The highest BCUT2D eigenvalue weighted by Gasteiger charge is 2.06. The average molecular weight is 244 g/mol. The van der Waals surface area contributed by atoms with Crippen molar-refractivity contribution < 1.29 is 4.39 Å². The topological polar surface area (TPSA) is 12.0 Å². The summed E-state index contributed by atoms with van der Waals surface area (Å²) in [6.07, 6.45) is 1.74. The van der Waals surface area contributed by atoms with Crippen LogP contribution < -0.4 is 5.32 Å². The number of hydrogen-bond acceptors (Lipinski definition) is 1. The maximum absolute atomic E-state index is 13.1. The van der Waals surface area contributed by atoms with E-state index in [4.69, 9.17) is 0 Å². The molecule has 13 heavy (non-hydrogen) atoms. The Morgan fingerprint density at radius 3 is 2.77 bits per heavy atom. The van der Waals surface area contributed by atoms with Crippen LogP contribution in [0.3, 0.4) is 0 Å². The molecule has 0 aliphatic carbocycles. The van der Waals surface area contributed by atoms with E-state index < -0.39 is 0 Å². The first-order valence-corrected chi connectivity index (χ1v) is 4.73. The summed E-state index contributed by atoms with van der Waals surface area (Å²) in [6, 6.07) is 5.05. The summed E-state index contributed by atoms with van der Waals surface area (Å²) >= 11 is 3.10. The molecule has 3 heteroatoms. The molecule has 0 bridgehead atoms. The summed E-state index contributed by atoms with van der Waals surface area (Å²) in [5, 5.41) is 3.01. The molecule has 0 radical (unpaired) electrons. The van der Waals surface area contributed by atoms with Crippen molar-refractivity contribution in [3.8, 4) is 0 Å². The molecule has 0 aliphatic rings. The van der Waals surface area contributed by atoms with Crippen molar-refractivity contribution in [1.82, 2.24) is 5.32 Å². The van der Waals surface area contributed by atoms with Gasteiger partial charge in [-0.05, 0) is 40.7 Å². The number of likely N-dealkylation sites (N-methyl/N-ethyl adjacent to an activating group) is 1. The molecule has 1 unspecified atom stereocenters. The van der Waals surface area contributed by atoms with Gasteiger partial charge in [-0.1, -0.05) is 12.1 Å². The molecule has 70 valence electrons. The van der Waals surface area contributed by atoms with Gasteiger partial charge in [0.2, 0.25) is 0 Å². The lowest BCUT2D eigenvalue weighted by molar-refractivity contribution is 0.612. The minimum absolute atomic E-state index is 0.00241. The maximum Gasteiger partial charge on any atom is 0.137 e. The largest absolute Gasteiger partial charge is 0.310 e. The van der Waals surface area contributed by atoms with Crippen LogP contribution in [-0.2, 0) is 0 Å². The van der Waals surface area contributed by atoms with E-state index in [2.05, 4.69) is 27.8 Å². The van der Waals surface area contributed by atoms with Crippen molar-refractivity contribution in [3.63, 3.8) is 0 Å². The Kier molecular flexibility index (Phi) is 3.63. The smallest absolute Gasteiger partial charge is 0.137 e. The zero-order valence-electron chi connectivity index (χ0n) is 7.35. The Hall–Kier alpha value is -0.670. The number of rotatable bonds is 3. The van der Waals surface area contributed by atoms with Crippen molar-refractivity contribution in [2.24, 2.45) is 0 Å². The Bertz CT molecular complexity index is 312. The first kappa shape index (κ1) is 10.4. The molecule has 0 spiro atoms. The van der Waals surface area contributed by atoms with Crippen LogP contribution >= 0.6 is 15.9 Å². The third-order valence-electron chi connectivity index (χ3n) is 1.85. The predicted molar refractivity (Wildman–Crippen MR) is 56.1 cm³/mol. The van der Waals surface area contributed by atoms with Crippen LogP contribution in [0.2, 0.25) is 0 Å². The molecule has 1 aromatic rings. The molecular weight excluding hydrogens is 233 g/mol. The molecule has 1 rings (SSSR count). The van der Waals surface area contributed by atoms with Crippen molar-refractivity contribution in [2.75, 3.05) is 7.05 Å². The summed E-state index contributed by atoms with van der Waals surface area (Å²) in [4.78, 5) is 0. The molecule has 0 saturated carbocycles. The van der Waals surface area contributed by atoms with E-state index >= 15 is 0 Å². The average Bonchev–Trinajstić information content (AvgIpc) is 2.13. The van der Waals surface area contributed by atoms with Gasteiger partial charge in [-0.3, -0.25) is 0 Å². The van der Waals surface area contributed by atoms with Gasteiger partial charge in [0.15, 0.2) is 0 Å². The van der Waals surface area contributed by atoms with Crippen LogP contribution in [0.1, 0.15) is 11.6 Å². The molecule has 1 aromatic carbocycles. The summed E-state index contributed by atoms with van der Waals surface area (Å²) in [6.45, 7) is 3.66. The van der Waals surface area contributed by atoms with Crippen LogP contribution in [0.15, 0.2) is 35.3 Å². The molecular formula is C10H11BrFN. The maximum atomic E-state index is 13.1. The first-order chi connectivity index (χ1) is 6.19. The summed E-state index contributed by atoms with van der Waals surface area (Å²) in [5.74, 6) is -0.250. The van der Waals surface area contributed by atoms with Crippen LogP contribution in [0.4, 0.5) is 4.39 Å². The van der Waals surface area contributed by atoms with E-state index in [9.17, 15) is 4.39 Å². The van der Waals surface area contributed by atoms with Gasteiger partial charge >= 0.3 is 0 Å². The highest BCUT2D eigenvalue weighted by atomic mass is 79.9. The van der Waals surface area contributed by atoms with Crippen LogP contribution in [0.25, 0.3) is 0 Å². The van der Waals surface area contributed by atoms with Gasteiger partial charge < -0.3 is 5.32 Å². The Labute approximate surface area is 85.8 Å². The summed E-state index contributed by atoms with van der Waals surface area (Å²) in [7, 11) is 1.81. The molecule has 0 amide bonds. The molecule has 0 aromatic heterocycles. The molecule has 1 N–H and O–H groups in total. The van der Waals surface area contributed by atoms with E-state index in [1.54, 1.807) is 12.1 Å². The lowest BCUT2D eigenvalue weighted by Crippen LogP contribution is -2.13. The van der Waals surface area contributed by atoms with Gasteiger partial charge in [0.05, 0.1) is 10.5 Å². The van der Waals surface area contributed by atoms with Crippen LogP contribution in [0.5, 0.6) is 0 Å². The van der Waals surface area contributed by atoms with E-state index in [1.165, 1.54) is 6.07 Å². The van der Waals surface area contributed by atoms with Crippen molar-refractivity contribution in [3.05, 3.63) is 46.7 Å². The van der Waals surface area contributed by atoms with E-state index in [1.807, 2.05) is 13.1 Å². The van der Waals surface area contributed by atoms with Gasteiger partial charge in [-0.25, -0.2) is 4.39 Å². The summed E-state index contributed by atoms with van der Waals surface area (Å²) < 4.78 is 13.6. The minimum Gasteiger partial charge on any atom is -0.310 e. The van der Waals surface area contributed by atoms with Gasteiger partial charge in [0, 0.05) is 0 Å². The Balaban J connectivity index is 3.01. The zero-order chi connectivity index (χ0) is 9.84. The normalized spacial score (nSPS) is 12.5. The lowest BCUT2D eigenvalue weighted by atomic mass is 10.1. The number of benzene rings is 1. The fraction of sp³-hybridized carbons (Fsp3) is 0.200. The minimum atomic E-state index is -0.250. The van der Waals surface area contributed by atoms with Crippen molar-refractivity contribution >= 4 is 15.9 Å². The molecule has 0 fully saturated rings. The Morgan fingerprint density at radius 2 is 2.31 bits per heavy atom. The third kappa shape index (κ3) is 2.39. The standard InChI is InChI=1S/C10H11BrFN/c1-3-10(13-2)7-4-5-8(11)9(12)6-7/h3-6,10,13H,1H2,2H3. The van der Waals surface area contributed by atoms with Gasteiger partial charge in [-0.2, -0.15) is 0 Å². The number of halogens is 2. The molecule has 0 saturated heterocycles. The van der Waals surface area contributed by atoms with E-state index in [0.29, 0.717) is 4.47 Å². The lowest BCUT2D eigenvalue weighted by Gasteiger charge is -2.11. The fourth-order valence-electron chi connectivity index (χ4n) is 1.13.